The molecule has 2 rings (SSSR count). The van der Waals surface area contributed by atoms with E-state index in [1.807, 2.05) is 0 Å². The van der Waals surface area contributed by atoms with Gasteiger partial charge in [-0.25, -0.2) is 9.07 Å². The second-order valence-electron chi connectivity index (χ2n) is 4.93. The molecule has 0 aliphatic carbocycles. The average molecular weight is 341 g/mol. The topological polar surface area (TPSA) is 97.1 Å². The van der Waals surface area contributed by atoms with Crippen molar-refractivity contribution in [2.24, 2.45) is 0 Å². The molecule has 0 aliphatic rings. The van der Waals surface area contributed by atoms with Crippen LogP contribution >= 0.6 is 11.6 Å². The van der Waals surface area contributed by atoms with Crippen LogP contribution < -0.4 is 5.32 Å². The Balaban J connectivity index is 2.08. The third-order valence-electron chi connectivity index (χ3n) is 3.07. The lowest BCUT2D eigenvalue weighted by atomic mass is 10.2. The Morgan fingerprint density at radius 1 is 1.48 bits per heavy atom. The predicted octanol–water partition coefficient (Wildman–Crippen LogP) is 2.04. The van der Waals surface area contributed by atoms with Crippen LogP contribution in [0.3, 0.4) is 0 Å². The van der Waals surface area contributed by atoms with E-state index in [2.05, 4.69) is 15.6 Å². The van der Waals surface area contributed by atoms with Crippen molar-refractivity contribution in [3.63, 3.8) is 0 Å². The van der Waals surface area contributed by atoms with Gasteiger partial charge in [0.1, 0.15) is 5.69 Å². The Bertz CT molecular complexity index is 735. The molecule has 2 N–H and O–H groups in total. The van der Waals surface area contributed by atoms with Gasteiger partial charge in [0.05, 0.1) is 11.2 Å². The Morgan fingerprint density at radius 3 is 2.91 bits per heavy atom. The van der Waals surface area contributed by atoms with E-state index in [-0.39, 0.29) is 35.3 Å². The number of halogens is 2. The number of carbonyl (C=O) groups is 2. The van der Waals surface area contributed by atoms with Crippen molar-refractivity contribution in [1.29, 1.82) is 0 Å². The molecule has 0 fully saturated rings. The normalized spacial score (nSPS) is 12.0. The maximum absolute atomic E-state index is 13.9. The Morgan fingerprint density at radius 2 is 2.22 bits per heavy atom. The quantitative estimate of drug-likeness (QED) is 0.838. The molecule has 9 heteroatoms. The number of hydrogen-bond donors (Lipinski definition) is 2. The van der Waals surface area contributed by atoms with Crippen LogP contribution in [0.1, 0.15) is 30.3 Å². The number of nitrogens with zero attached hydrogens (tertiary/aromatic N) is 3. The molecule has 1 heterocycles. The molecule has 0 radical (unpaired) electrons. The Hall–Kier alpha value is -2.48. The van der Waals surface area contributed by atoms with Crippen molar-refractivity contribution >= 4 is 23.5 Å². The van der Waals surface area contributed by atoms with Crippen LogP contribution in [0.2, 0.25) is 5.02 Å². The number of aliphatic carboxylic acids is 1. The van der Waals surface area contributed by atoms with E-state index in [0.717, 1.165) is 4.68 Å². The number of benzene rings is 1. The summed E-state index contributed by atoms with van der Waals surface area (Å²) < 4.78 is 15.0. The van der Waals surface area contributed by atoms with Gasteiger partial charge in [0, 0.05) is 12.5 Å². The number of nitrogens with one attached hydrogen (secondary N) is 1. The maximum Gasteiger partial charge on any atom is 0.303 e. The molecule has 1 amide bonds. The Kier molecular flexibility index (Phi) is 5.28. The maximum atomic E-state index is 13.9. The van der Waals surface area contributed by atoms with Crippen molar-refractivity contribution in [1.82, 2.24) is 20.3 Å². The third kappa shape index (κ3) is 4.26. The van der Waals surface area contributed by atoms with Crippen molar-refractivity contribution in [2.75, 3.05) is 0 Å². The first-order valence-electron chi connectivity index (χ1n) is 6.78. The molecule has 23 heavy (non-hydrogen) atoms. The number of carboxylic acids is 1. The summed E-state index contributed by atoms with van der Waals surface area (Å²) in [6.07, 6.45) is 1.51. The van der Waals surface area contributed by atoms with Crippen LogP contribution in [0.15, 0.2) is 24.4 Å². The zero-order valence-electron chi connectivity index (χ0n) is 12.2. The molecule has 0 saturated heterocycles. The highest BCUT2D eigenvalue weighted by Crippen LogP contribution is 2.20. The molecular weight excluding hydrogens is 327 g/mol. The van der Waals surface area contributed by atoms with Gasteiger partial charge in [0.25, 0.3) is 5.91 Å². The molecule has 0 aliphatic heterocycles. The van der Waals surface area contributed by atoms with Gasteiger partial charge < -0.3 is 10.4 Å². The van der Waals surface area contributed by atoms with Gasteiger partial charge in [-0.2, -0.15) is 0 Å². The minimum Gasteiger partial charge on any atom is -0.481 e. The second-order valence-corrected chi connectivity index (χ2v) is 5.34. The number of hydrogen-bond acceptors (Lipinski definition) is 4. The van der Waals surface area contributed by atoms with Crippen molar-refractivity contribution in [3.8, 4) is 5.69 Å². The molecule has 1 atom stereocenters. The second kappa shape index (κ2) is 7.19. The molecule has 1 unspecified atom stereocenters. The number of carboxylic acid groups (broad SMARTS) is 1. The van der Waals surface area contributed by atoms with E-state index in [4.69, 9.17) is 16.7 Å². The summed E-state index contributed by atoms with van der Waals surface area (Å²) in [4.78, 5) is 22.5. The summed E-state index contributed by atoms with van der Waals surface area (Å²) in [5, 5.41) is 18.5. The van der Waals surface area contributed by atoms with Crippen LogP contribution in [0.4, 0.5) is 4.39 Å². The van der Waals surface area contributed by atoms with Gasteiger partial charge in [0.2, 0.25) is 0 Å². The highest BCUT2D eigenvalue weighted by atomic mass is 35.5. The lowest BCUT2D eigenvalue weighted by molar-refractivity contribution is -0.137. The molecule has 122 valence electrons. The van der Waals surface area contributed by atoms with Crippen LogP contribution in [0.5, 0.6) is 0 Å². The molecule has 0 spiro atoms. The molecule has 0 saturated carbocycles. The number of aromatic nitrogens is 3. The number of amides is 1. The first-order valence-corrected chi connectivity index (χ1v) is 7.15. The van der Waals surface area contributed by atoms with Crippen molar-refractivity contribution < 1.29 is 19.1 Å². The SMILES string of the molecule is CC(CCC(=O)O)NC(=O)c1cn(-c2cccc(Cl)c2F)nn1. The highest BCUT2D eigenvalue weighted by Gasteiger charge is 2.16. The van der Waals surface area contributed by atoms with Gasteiger partial charge >= 0.3 is 5.97 Å². The summed E-state index contributed by atoms with van der Waals surface area (Å²) in [5.74, 6) is -2.12. The highest BCUT2D eigenvalue weighted by molar-refractivity contribution is 6.30. The summed E-state index contributed by atoms with van der Waals surface area (Å²) in [5.41, 5.74) is 0.0644. The first-order chi connectivity index (χ1) is 10.9. The fourth-order valence-electron chi connectivity index (χ4n) is 1.86. The number of carbonyl (C=O) groups excluding carboxylic acids is 1. The molecule has 1 aromatic heterocycles. The minimum atomic E-state index is -0.937. The lowest BCUT2D eigenvalue weighted by Crippen LogP contribution is -2.33. The van der Waals surface area contributed by atoms with Crippen LogP contribution in [-0.4, -0.2) is 38.0 Å². The van der Waals surface area contributed by atoms with Gasteiger partial charge in [-0.05, 0) is 25.5 Å². The minimum absolute atomic E-state index is 0.00782. The van der Waals surface area contributed by atoms with Gasteiger partial charge in [0.15, 0.2) is 11.5 Å². The fraction of sp³-hybridized carbons (Fsp3) is 0.286. The first kappa shape index (κ1) is 16.9. The molecular formula is C14H14ClFN4O3. The third-order valence-corrected chi connectivity index (χ3v) is 3.36. The van der Waals surface area contributed by atoms with E-state index in [0.29, 0.717) is 0 Å². The molecule has 2 aromatic rings. The number of rotatable bonds is 6. The monoisotopic (exact) mass is 340 g/mol. The summed E-state index contributed by atoms with van der Waals surface area (Å²) >= 11 is 5.70. The van der Waals surface area contributed by atoms with E-state index in [9.17, 15) is 14.0 Å². The van der Waals surface area contributed by atoms with E-state index >= 15 is 0 Å². The largest absolute Gasteiger partial charge is 0.481 e. The smallest absolute Gasteiger partial charge is 0.303 e. The Labute approximate surface area is 136 Å². The molecule has 7 nitrogen and oxygen atoms in total. The van der Waals surface area contributed by atoms with Crippen molar-refractivity contribution in [2.45, 2.75) is 25.8 Å². The van der Waals surface area contributed by atoms with Gasteiger partial charge in [-0.3, -0.25) is 9.59 Å². The van der Waals surface area contributed by atoms with E-state index < -0.39 is 17.7 Å². The molecule has 0 bridgehead atoms. The van der Waals surface area contributed by atoms with E-state index in [1.54, 1.807) is 13.0 Å². The predicted molar refractivity (Wildman–Crippen MR) is 80.1 cm³/mol. The van der Waals surface area contributed by atoms with Crippen molar-refractivity contribution in [3.05, 3.63) is 40.9 Å². The fourth-order valence-corrected chi connectivity index (χ4v) is 2.03. The summed E-state index contributed by atoms with van der Waals surface area (Å²) in [7, 11) is 0. The zero-order chi connectivity index (χ0) is 17.0. The standard InChI is InChI=1S/C14H14ClFN4O3/c1-8(5-6-12(21)22)17-14(23)10-7-20(19-18-10)11-4-2-3-9(15)13(11)16/h2-4,7-8H,5-6H2,1H3,(H,17,23)(H,21,22). The zero-order valence-corrected chi connectivity index (χ0v) is 12.9. The van der Waals surface area contributed by atoms with Crippen LogP contribution in [-0.2, 0) is 4.79 Å². The molecule has 1 aromatic carbocycles. The van der Waals surface area contributed by atoms with Crippen LogP contribution in [0.25, 0.3) is 5.69 Å². The van der Waals surface area contributed by atoms with E-state index in [1.165, 1.54) is 18.3 Å². The van der Waals surface area contributed by atoms with Crippen LogP contribution in [0, 0.1) is 5.82 Å². The summed E-state index contributed by atoms with van der Waals surface area (Å²) in [6.45, 7) is 1.68. The lowest BCUT2D eigenvalue weighted by Gasteiger charge is -2.10. The summed E-state index contributed by atoms with van der Waals surface area (Å²) in [6, 6.07) is 4.06. The van der Waals surface area contributed by atoms with Gasteiger partial charge in [-0.15, -0.1) is 5.10 Å². The van der Waals surface area contributed by atoms with Gasteiger partial charge in [-0.1, -0.05) is 22.9 Å². The average Bonchev–Trinajstić information content (AvgIpc) is 2.97.